The van der Waals surface area contributed by atoms with Crippen LogP contribution in [0.2, 0.25) is 13.6 Å². The molecule has 0 rings (SSSR count). The summed E-state index contributed by atoms with van der Waals surface area (Å²) in [4.78, 5) is 0. The van der Waals surface area contributed by atoms with E-state index in [0.717, 1.165) is 5.99 Å². The Kier molecular flexibility index (Phi) is 2.25. The minimum atomic E-state index is -0.241. The fourth-order valence-corrected chi connectivity index (χ4v) is 0. The molecule has 0 nitrogen and oxygen atoms in total. The summed E-state index contributed by atoms with van der Waals surface area (Å²) in [7, 11) is -0.241. The summed E-state index contributed by atoms with van der Waals surface area (Å²) >= 11 is 0. The van der Waals surface area contributed by atoms with Crippen LogP contribution in [0.5, 0.6) is 0 Å². The van der Waals surface area contributed by atoms with Gasteiger partial charge in [0.2, 0.25) is 0 Å². The second kappa shape index (κ2) is 2.12. The van der Waals surface area contributed by atoms with Gasteiger partial charge >= 0.3 is 0 Å². The predicted octanol–water partition coefficient (Wildman–Crippen LogP) is 1.93. The molecule has 0 heterocycles. The highest BCUT2D eigenvalue weighted by atomic mass is 32.3. The van der Waals surface area contributed by atoms with Crippen LogP contribution in [0.3, 0.4) is 0 Å². The molecular formula is C5H15BS. The molecule has 0 radical (unpaired) electrons. The Labute approximate surface area is 49.0 Å². The number of rotatable bonds is 1. The van der Waals surface area contributed by atoms with Gasteiger partial charge in [0.05, 0.1) is 0 Å². The van der Waals surface area contributed by atoms with Gasteiger partial charge in [-0.3, -0.25) is 9.88 Å². The molecule has 0 aliphatic rings. The Hall–Kier alpha value is 0.415. The first-order valence-corrected chi connectivity index (χ1v) is 5.54. The van der Waals surface area contributed by atoms with Gasteiger partial charge in [-0.1, -0.05) is 13.6 Å². The molecule has 0 aliphatic carbocycles. The Morgan fingerprint density at radius 2 is 1.14 bits per heavy atom. The summed E-state index contributed by atoms with van der Waals surface area (Å²) in [5, 5.41) is 0. The third kappa shape index (κ3) is 3.04. The predicted molar refractivity (Wildman–Crippen MR) is 42.8 cm³/mol. The highest BCUT2D eigenvalue weighted by Crippen LogP contribution is 2.37. The Balaban J connectivity index is 3.54. The average molecular weight is 118 g/mol. The summed E-state index contributed by atoms with van der Waals surface area (Å²) in [6.45, 7) is 4.57. The minimum Gasteiger partial charge on any atom is -0.279 e. The summed E-state index contributed by atoms with van der Waals surface area (Å²) < 4.78 is 0. The maximum absolute atomic E-state index is 2.34. The van der Waals surface area contributed by atoms with Crippen LogP contribution in [0.25, 0.3) is 0 Å². The second-order valence-corrected chi connectivity index (χ2v) is 7.79. The van der Waals surface area contributed by atoms with E-state index in [2.05, 4.69) is 32.4 Å². The standard InChI is InChI=1S/C5H15BS/c1-6(2)7(3,4)5/h1-5H3. The van der Waals surface area contributed by atoms with Crippen molar-refractivity contribution in [2.45, 2.75) is 13.6 Å². The Morgan fingerprint density at radius 1 is 1.00 bits per heavy atom. The normalized spacial score (nSPS) is 13.9. The van der Waals surface area contributed by atoms with Gasteiger partial charge in [0.15, 0.2) is 5.99 Å². The summed E-state index contributed by atoms with van der Waals surface area (Å²) in [5.74, 6) is 0.882. The molecule has 0 amide bonds. The lowest BCUT2D eigenvalue weighted by Crippen LogP contribution is -2.10. The molecule has 0 unspecified atom stereocenters. The Bertz CT molecular complexity index is 53.6. The SMILES string of the molecule is CB(C)S(C)(C)C. The highest BCUT2D eigenvalue weighted by Gasteiger charge is 2.11. The summed E-state index contributed by atoms with van der Waals surface area (Å²) in [6, 6.07) is 0. The third-order valence-corrected chi connectivity index (χ3v) is 4.24. The first-order chi connectivity index (χ1) is 2.94. The molecule has 44 valence electrons. The lowest BCUT2D eigenvalue weighted by atomic mass is 9.84. The monoisotopic (exact) mass is 118 g/mol. The zero-order chi connectivity index (χ0) is 6.08. The topological polar surface area (TPSA) is 0 Å². The number of hydrogen-bond acceptors (Lipinski definition) is 0. The summed E-state index contributed by atoms with van der Waals surface area (Å²) in [5.41, 5.74) is 0. The van der Waals surface area contributed by atoms with E-state index in [0.29, 0.717) is 0 Å². The van der Waals surface area contributed by atoms with Crippen molar-refractivity contribution >= 4 is 15.9 Å². The van der Waals surface area contributed by atoms with Crippen LogP contribution in [0.1, 0.15) is 0 Å². The fraction of sp³-hybridized carbons (Fsp3) is 1.00. The average Bonchev–Trinajstić information content (AvgIpc) is 1.31. The van der Waals surface area contributed by atoms with E-state index >= 15 is 0 Å². The van der Waals surface area contributed by atoms with E-state index in [-0.39, 0.29) is 9.88 Å². The molecule has 0 aromatic carbocycles. The molecule has 0 fully saturated rings. The van der Waals surface area contributed by atoms with Gasteiger partial charge in [-0.05, 0) is 18.8 Å². The van der Waals surface area contributed by atoms with Crippen molar-refractivity contribution in [3.8, 4) is 0 Å². The first kappa shape index (κ1) is 7.41. The molecule has 0 aromatic heterocycles. The zero-order valence-electron chi connectivity index (χ0n) is 5.99. The fourth-order valence-electron chi connectivity index (χ4n) is 0. The van der Waals surface area contributed by atoms with Crippen molar-refractivity contribution < 1.29 is 0 Å². The van der Waals surface area contributed by atoms with Crippen molar-refractivity contribution in [1.29, 1.82) is 0 Å². The van der Waals surface area contributed by atoms with E-state index in [1.165, 1.54) is 0 Å². The molecule has 0 saturated heterocycles. The van der Waals surface area contributed by atoms with Gasteiger partial charge in [0, 0.05) is 0 Å². The van der Waals surface area contributed by atoms with Crippen LogP contribution in [-0.4, -0.2) is 24.8 Å². The van der Waals surface area contributed by atoms with Gasteiger partial charge in [-0.25, -0.2) is 0 Å². The van der Waals surface area contributed by atoms with Crippen molar-refractivity contribution in [1.82, 2.24) is 0 Å². The van der Waals surface area contributed by atoms with Gasteiger partial charge in [-0.15, -0.1) is 0 Å². The second-order valence-electron chi connectivity index (χ2n) is 2.98. The van der Waals surface area contributed by atoms with E-state index in [4.69, 9.17) is 0 Å². The molecule has 0 bridgehead atoms. The molecule has 0 atom stereocenters. The van der Waals surface area contributed by atoms with E-state index < -0.39 is 0 Å². The molecule has 2 heteroatoms. The van der Waals surface area contributed by atoms with Crippen LogP contribution >= 0.6 is 9.88 Å². The van der Waals surface area contributed by atoms with Crippen LogP contribution in [0.4, 0.5) is 0 Å². The molecule has 7 heavy (non-hydrogen) atoms. The molecule has 0 N–H and O–H groups in total. The number of hydrogen-bond donors (Lipinski definition) is 0. The van der Waals surface area contributed by atoms with Crippen LogP contribution in [-0.2, 0) is 0 Å². The smallest absolute Gasteiger partial charge is 0.183 e. The highest BCUT2D eigenvalue weighted by molar-refractivity contribution is 8.52. The molecular weight excluding hydrogens is 103 g/mol. The van der Waals surface area contributed by atoms with Gasteiger partial charge in [0.1, 0.15) is 0 Å². The maximum atomic E-state index is 2.34. The molecule has 0 aliphatic heterocycles. The van der Waals surface area contributed by atoms with Crippen molar-refractivity contribution in [3.05, 3.63) is 0 Å². The zero-order valence-corrected chi connectivity index (χ0v) is 6.80. The van der Waals surface area contributed by atoms with Crippen molar-refractivity contribution in [2.24, 2.45) is 0 Å². The van der Waals surface area contributed by atoms with E-state index in [1.807, 2.05) is 0 Å². The van der Waals surface area contributed by atoms with Gasteiger partial charge in [-0.2, -0.15) is 0 Å². The lowest BCUT2D eigenvalue weighted by Gasteiger charge is -2.27. The lowest BCUT2D eigenvalue weighted by molar-refractivity contribution is 2.03. The third-order valence-electron chi connectivity index (χ3n) is 1.41. The van der Waals surface area contributed by atoms with Crippen LogP contribution in [0, 0.1) is 0 Å². The van der Waals surface area contributed by atoms with Crippen molar-refractivity contribution in [2.75, 3.05) is 18.8 Å². The summed E-state index contributed by atoms with van der Waals surface area (Å²) in [6.07, 6.45) is 7.03. The van der Waals surface area contributed by atoms with E-state index in [1.54, 1.807) is 0 Å². The molecule has 0 aromatic rings. The van der Waals surface area contributed by atoms with E-state index in [9.17, 15) is 0 Å². The van der Waals surface area contributed by atoms with Crippen molar-refractivity contribution in [3.63, 3.8) is 0 Å². The molecule has 0 saturated carbocycles. The van der Waals surface area contributed by atoms with Crippen LogP contribution < -0.4 is 0 Å². The van der Waals surface area contributed by atoms with Gasteiger partial charge < -0.3 is 0 Å². The van der Waals surface area contributed by atoms with Gasteiger partial charge in [0.25, 0.3) is 0 Å². The quantitative estimate of drug-likeness (QED) is 0.461. The minimum absolute atomic E-state index is 0.241. The Morgan fingerprint density at radius 3 is 1.14 bits per heavy atom. The van der Waals surface area contributed by atoms with Crippen LogP contribution in [0.15, 0.2) is 0 Å². The largest absolute Gasteiger partial charge is 0.279 e. The first-order valence-electron chi connectivity index (χ1n) is 2.62. The molecule has 0 spiro atoms. The maximum Gasteiger partial charge on any atom is 0.183 e.